The third kappa shape index (κ3) is 7.71. The van der Waals surface area contributed by atoms with Gasteiger partial charge in [0.2, 0.25) is 5.91 Å². The van der Waals surface area contributed by atoms with Crippen molar-refractivity contribution in [1.82, 2.24) is 9.80 Å². The Morgan fingerprint density at radius 1 is 0.971 bits per heavy atom. The van der Waals surface area contributed by atoms with Gasteiger partial charge in [-0.2, -0.15) is 13.2 Å². The molecule has 0 unspecified atom stereocenters. The molecule has 1 N–H and O–H groups in total. The molecule has 1 heterocycles. The van der Waals surface area contributed by atoms with Crippen LogP contribution >= 0.6 is 11.3 Å². The standard InChI is InChI=1S/C26H26F3N3O2S/c1-3-15-31(25(34)30-22-12-10-21(11-13-22)26(27,28)29)18-24(33)32(16-20-7-5-4-6-8-20)17-23-14-9-19(2)35-23/h3-14H,1,15-18H2,2H3,(H,30,34). The molecule has 0 saturated carbocycles. The van der Waals surface area contributed by atoms with Crippen molar-refractivity contribution < 1.29 is 22.8 Å². The number of carbonyl (C=O) groups excluding carboxylic acids is 2. The van der Waals surface area contributed by atoms with E-state index in [0.29, 0.717) is 13.1 Å². The normalized spacial score (nSPS) is 11.1. The van der Waals surface area contributed by atoms with Gasteiger partial charge in [0.05, 0.1) is 12.1 Å². The smallest absolute Gasteiger partial charge is 0.332 e. The fraction of sp³-hybridized carbons (Fsp3) is 0.231. The van der Waals surface area contributed by atoms with Crippen molar-refractivity contribution in [1.29, 1.82) is 0 Å². The first kappa shape index (κ1) is 26.0. The van der Waals surface area contributed by atoms with Gasteiger partial charge in [-0.1, -0.05) is 36.4 Å². The Hall–Kier alpha value is -3.59. The van der Waals surface area contributed by atoms with Crippen LogP contribution in [0, 0.1) is 6.92 Å². The van der Waals surface area contributed by atoms with Crippen molar-refractivity contribution in [3.8, 4) is 0 Å². The molecule has 35 heavy (non-hydrogen) atoms. The first-order valence-corrected chi connectivity index (χ1v) is 11.7. The number of carbonyl (C=O) groups is 2. The summed E-state index contributed by atoms with van der Waals surface area (Å²) in [4.78, 5) is 31.3. The van der Waals surface area contributed by atoms with E-state index in [1.807, 2.05) is 49.4 Å². The van der Waals surface area contributed by atoms with Crippen LogP contribution in [0.3, 0.4) is 0 Å². The molecule has 9 heteroatoms. The van der Waals surface area contributed by atoms with Crippen molar-refractivity contribution in [3.63, 3.8) is 0 Å². The van der Waals surface area contributed by atoms with Crippen LogP contribution in [0.1, 0.15) is 20.9 Å². The highest BCUT2D eigenvalue weighted by molar-refractivity contribution is 7.11. The number of rotatable bonds is 9. The molecule has 0 fully saturated rings. The van der Waals surface area contributed by atoms with Gasteiger partial charge in [0.1, 0.15) is 6.54 Å². The lowest BCUT2D eigenvalue weighted by molar-refractivity contribution is -0.137. The fourth-order valence-electron chi connectivity index (χ4n) is 3.38. The predicted molar refractivity (Wildman–Crippen MR) is 132 cm³/mol. The molecule has 5 nitrogen and oxygen atoms in total. The number of aryl methyl sites for hydroxylation is 1. The number of amides is 3. The van der Waals surface area contributed by atoms with Crippen molar-refractivity contribution in [3.05, 3.63) is 100 Å². The Balaban J connectivity index is 1.72. The molecular weight excluding hydrogens is 475 g/mol. The molecular formula is C26H26F3N3O2S. The van der Waals surface area contributed by atoms with E-state index in [2.05, 4.69) is 11.9 Å². The number of benzene rings is 2. The third-order valence-corrected chi connectivity index (χ3v) is 6.12. The van der Waals surface area contributed by atoms with Gasteiger partial charge in [-0.25, -0.2) is 4.79 Å². The number of nitrogens with zero attached hydrogens (tertiary/aromatic N) is 2. The van der Waals surface area contributed by atoms with Crippen molar-refractivity contribution in [2.24, 2.45) is 0 Å². The van der Waals surface area contributed by atoms with Crippen LogP contribution in [-0.2, 0) is 24.1 Å². The zero-order chi connectivity index (χ0) is 25.4. The van der Waals surface area contributed by atoms with Gasteiger partial charge in [-0.15, -0.1) is 17.9 Å². The minimum Gasteiger partial charge on any atom is -0.332 e. The van der Waals surface area contributed by atoms with Crippen molar-refractivity contribution in [2.75, 3.05) is 18.4 Å². The molecule has 0 aliphatic heterocycles. The molecule has 3 rings (SSSR count). The third-order valence-electron chi connectivity index (χ3n) is 5.14. The number of hydrogen-bond donors (Lipinski definition) is 1. The van der Waals surface area contributed by atoms with Gasteiger partial charge in [0, 0.05) is 28.5 Å². The Morgan fingerprint density at radius 3 is 2.23 bits per heavy atom. The minimum absolute atomic E-state index is 0.0928. The van der Waals surface area contributed by atoms with Gasteiger partial charge in [0.15, 0.2) is 0 Å². The maximum atomic E-state index is 13.3. The minimum atomic E-state index is -4.47. The van der Waals surface area contributed by atoms with Crippen molar-refractivity contribution >= 4 is 29.0 Å². The lowest BCUT2D eigenvalue weighted by atomic mass is 10.2. The van der Waals surface area contributed by atoms with Crippen LogP contribution in [0.15, 0.2) is 79.4 Å². The van der Waals surface area contributed by atoms with E-state index in [1.165, 1.54) is 23.1 Å². The summed E-state index contributed by atoms with van der Waals surface area (Å²) in [6.45, 7) is 6.30. The van der Waals surface area contributed by atoms with Crippen LogP contribution in [-0.4, -0.2) is 34.8 Å². The van der Waals surface area contributed by atoms with Gasteiger partial charge in [-0.3, -0.25) is 4.79 Å². The first-order valence-electron chi connectivity index (χ1n) is 10.9. The van der Waals surface area contributed by atoms with Gasteiger partial charge in [0.25, 0.3) is 0 Å². The summed E-state index contributed by atoms with van der Waals surface area (Å²) >= 11 is 1.60. The summed E-state index contributed by atoms with van der Waals surface area (Å²) in [5, 5.41) is 2.56. The van der Waals surface area contributed by atoms with E-state index in [4.69, 9.17) is 0 Å². The molecule has 1 aromatic heterocycles. The fourth-order valence-corrected chi connectivity index (χ4v) is 4.28. The van der Waals surface area contributed by atoms with E-state index in [9.17, 15) is 22.8 Å². The van der Waals surface area contributed by atoms with E-state index in [0.717, 1.165) is 27.5 Å². The average Bonchev–Trinajstić information content (AvgIpc) is 3.23. The molecule has 0 atom stereocenters. The zero-order valence-corrected chi connectivity index (χ0v) is 20.0. The van der Waals surface area contributed by atoms with Crippen molar-refractivity contribution in [2.45, 2.75) is 26.2 Å². The Bertz CT molecular complexity index is 1140. The van der Waals surface area contributed by atoms with Crippen LogP contribution in [0.5, 0.6) is 0 Å². The molecule has 3 amide bonds. The summed E-state index contributed by atoms with van der Waals surface area (Å²) in [6.07, 6.45) is -2.98. The highest BCUT2D eigenvalue weighted by Crippen LogP contribution is 2.29. The second-order valence-corrected chi connectivity index (χ2v) is 9.29. The van der Waals surface area contributed by atoms with E-state index < -0.39 is 17.8 Å². The monoisotopic (exact) mass is 501 g/mol. The molecule has 0 saturated heterocycles. The lowest BCUT2D eigenvalue weighted by Gasteiger charge is -2.27. The van der Waals surface area contributed by atoms with Crippen LogP contribution in [0.2, 0.25) is 0 Å². The second-order valence-electron chi connectivity index (χ2n) is 7.92. The number of thiophene rings is 1. The summed E-state index contributed by atoms with van der Waals surface area (Å²) in [5.41, 5.74) is 0.340. The maximum Gasteiger partial charge on any atom is 0.416 e. The van der Waals surface area contributed by atoms with Crippen LogP contribution < -0.4 is 5.32 Å². The number of nitrogens with one attached hydrogen (secondary N) is 1. The highest BCUT2D eigenvalue weighted by Gasteiger charge is 2.30. The summed E-state index contributed by atoms with van der Waals surface area (Å²) in [5.74, 6) is -0.260. The molecule has 0 radical (unpaired) electrons. The number of urea groups is 1. The Morgan fingerprint density at radius 2 is 1.66 bits per heavy atom. The second kappa shape index (κ2) is 11.7. The van der Waals surface area contributed by atoms with Gasteiger partial charge in [-0.05, 0) is 48.9 Å². The topological polar surface area (TPSA) is 52.7 Å². The maximum absolute atomic E-state index is 13.3. The molecule has 184 valence electrons. The van der Waals surface area contributed by atoms with Gasteiger partial charge < -0.3 is 15.1 Å². The summed E-state index contributed by atoms with van der Waals surface area (Å²) in [6, 6.07) is 17.1. The van der Waals surface area contributed by atoms with Crippen LogP contribution in [0.25, 0.3) is 0 Å². The summed E-state index contributed by atoms with van der Waals surface area (Å²) < 4.78 is 38.4. The predicted octanol–water partition coefficient (Wildman–Crippen LogP) is 6.32. The molecule has 3 aromatic rings. The first-order chi connectivity index (χ1) is 16.7. The Labute approximate surface area is 206 Å². The van der Waals surface area contributed by atoms with Gasteiger partial charge >= 0.3 is 12.2 Å². The number of hydrogen-bond acceptors (Lipinski definition) is 3. The average molecular weight is 502 g/mol. The lowest BCUT2D eigenvalue weighted by Crippen LogP contribution is -2.44. The van der Waals surface area contributed by atoms with Crippen LogP contribution in [0.4, 0.5) is 23.7 Å². The largest absolute Gasteiger partial charge is 0.416 e. The Kier molecular flexibility index (Phi) is 8.70. The van der Waals surface area contributed by atoms with E-state index in [1.54, 1.807) is 16.2 Å². The number of anilines is 1. The molecule has 0 aliphatic rings. The molecule has 0 spiro atoms. The molecule has 0 aliphatic carbocycles. The number of alkyl halides is 3. The summed E-state index contributed by atoms with van der Waals surface area (Å²) in [7, 11) is 0. The van der Waals surface area contributed by atoms with E-state index >= 15 is 0 Å². The highest BCUT2D eigenvalue weighted by atomic mass is 32.1. The van der Waals surface area contributed by atoms with E-state index in [-0.39, 0.29) is 24.7 Å². The molecule has 2 aromatic carbocycles. The molecule has 0 bridgehead atoms. The number of halogens is 3. The SMILES string of the molecule is C=CCN(CC(=O)N(Cc1ccccc1)Cc1ccc(C)s1)C(=O)Nc1ccc(C(F)(F)F)cc1. The zero-order valence-electron chi connectivity index (χ0n) is 19.2. The quantitative estimate of drug-likeness (QED) is 0.349.